The van der Waals surface area contributed by atoms with Gasteiger partial charge in [0.05, 0.1) is 6.54 Å². The normalized spacial score (nSPS) is 15.2. The van der Waals surface area contributed by atoms with E-state index in [4.69, 9.17) is 10.7 Å². The molecule has 0 aliphatic carbocycles. The van der Waals surface area contributed by atoms with Crippen LogP contribution in [0, 0.1) is 0 Å². The van der Waals surface area contributed by atoms with Crippen LogP contribution in [-0.2, 0) is 16.9 Å². The molecule has 0 saturated heterocycles. The molecule has 0 saturated carbocycles. The highest BCUT2D eigenvalue weighted by Gasteiger charge is 2.50. The second-order valence-electron chi connectivity index (χ2n) is 7.04. The maximum atomic E-state index is 13.8. The fourth-order valence-electron chi connectivity index (χ4n) is 3.70. The number of amides is 1. The predicted molar refractivity (Wildman–Crippen MR) is 124 cm³/mol. The molecule has 1 heterocycles. The van der Waals surface area contributed by atoms with Crippen LogP contribution < -0.4 is 10.5 Å². The summed E-state index contributed by atoms with van der Waals surface area (Å²) >= 11 is 1.63. The average Bonchev–Trinajstić information content (AvgIpc) is 3.05. The van der Waals surface area contributed by atoms with E-state index in [0.29, 0.717) is 6.54 Å². The highest BCUT2D eigenvalue weighted by atomic mass is 32.2. The van der Waals surface area contributed by atoms with Gasteiger partial charge in [-0.15, -0.1) is 0 Å². The first kappa shape index (κ1) is 20.0. The van der Waals surface area contributed by atoms with Crippen molar-refractivity contribution in [2.24, 2.45) is 10.7 Å². The molecule has 0 fully saturated rings. The van der Waals surface area contributed by atoms with E-state index in [2.05, 4.69) is 11.6 Å². The Morgan fingerprint density at radius 2 is 1.60 bits per heavy atom. The van der Waals surface area contributed by atoms with Crippen LogP contribution >= 0.6 is 11.9 Å². The fourth-order valence-corrected chi connectivity index (χ4v) is 4.14. The predicted octanol–water partition coefficient (Wildman–Crippen LogP) is 4.37. The van der Waals surface area contributed by atoms with E-state index in [9.17, 15) is 4.79 Å². The molecule has 3 aromatic rings. The first-order valence-corrected chi connectivity index (χ1v) is 10.9. The SMILES string of the molecule is CCSNc1cccc(CN2C(=O)C(c3ccccc3)(c3ccccc3)N=C2N)c1. The molecule has 3 aromatic carbocycles. The van der Waals surface area contributed by atoms with Gasteiger partial charge in [0, 0.05) is 11.4 Å². The van der Waals surface area contributed by atoms with E-state index in [1.807, 2.05) is 84.9 Å². The number of rotatable bonds is 7. The largest absolute Gasteiger partial charge is 0.369 e. The highest BCUT2D eigenvalue weighted by molar-refractivity contribution is 8.00. The van der Waals surface area contributed by atoms with Crippen molar-refractivity contribution < 1.29 is 4.79 Å². The molecule has 0 radical (unpaired) electrons. The molecule has 152 valence electrons. The molecular formula is C24H24N4OS. The van der Waals surface area contributed by atoms with E-state index in [1.54, 1.807) is 16.8 Å². The standard InChI is InChI=1S/C24H24N4OS/c1-2-30-27-21-15-9-10-18(16-21)17-28-22(29)24(26-23(28)25,19-11-5-3-6-12-19)20-13-7-4-8-14-20/h3-16,27H,2,17H2,1H3,(H2,25,26). The Bertz CT molecular complexity index is 1010. The van der Waals surface area contributed by atoms with Crippen molar-refractivity contribution in [3.8, 4) is 0 Å². The Balaban J connectivity index is 1.70. The van der Waals surface area contributed by atoms with Crippen LogP contribution in [0.5, 0.6) is 0 Å². The van der Waals surface area contributed by atoms with E-state index >= 15 is 0 Å². The number of nitrogens with zero attached hydrogens (tertiary/aromatic N) is 2. The van der Waals surface area contributed by atoms with Crippen molar-refractivity contribution in [1.29, 1.82) is 0 Å². The molecule has 1 aliphatic rings. The van der Waals surface area contributed by atoms with Crippen LogP contribution in [0.1, 0.15) is 23.6 Å². The van der Waals surface area contributed by atoms with Crippen molar-refractivity contribution in [2.75, 3.05) is 10.5 Å². The summed E-state index contributed by atoms with van der Waals surface area (Å²) in [4.78, 5) is 20.1. The number of hydrogen-bond acceptors (Lipinski definition) is 5. The minimum absolute atomic E-state index is 0.140. The van der Waals surface area contributed by atoms with Gasteiger partial charge in [-0.2, -0.15) is 0 Å². The second-order valence-corrected chi connectivity index (χ2v) is 8.11. The molecule has 0 bridgehead atoms. The number of carbonyl (C=O) groups is 1. The van der Waals surface area contributed by atoms with Crippen molar-refractivity contribution in [2.45, 2.75) is 19.0 Å². The van der Waals surface area contributed by atoms with E-state index in [1.165, 1.54) is 0 Å². The quantitative estimate of drug-likeness (QED) is 0.561. The number of nitrogens with one attached hydrogen (secondary N) is 1. The zero-order valence-electron chi connectivity index (χ0n) is 16.8. The molecule has 1 aliphatic heterocycles. The Morgan fingerprint density at radius 1 is 0.967 bits per heavy atom. The first-order valence-electron chi connectivity index (χ1n) is 9.90. The third kappa shape index (κ3) is 3.66. The Hall–Kier alpha value is -3.25. The van der Waals surface area contributed by atoms with Crippen LogP contribution in [0.15, 0.2) is 89.9 Å². The molecule has 3 N–H and O–H groups in total. The summed E-state index contributed by atoms with van der Waals surface area (Å²) in [5, 5.41) is 0. The zero-order valence-corrected chi connectivity index (χ0v) is 17.6. The van der Waals surface area contributed by atoms with E-state index in [-0.39, 0.29) is 11.9 Å². The minimum atomic E-state index is -1.17. The van der Waals surface area contributed by atoms with Gasteiger partial charge >= 0.3 is 0 Å². The summed E-state index contributed by atoms with van der Waals surface area (Å²) in [6, 6.07) is 27.3. The molecule has 5 nitrogen and oxygen atoms in total. The lowest BCUT2D eigenvalue weighted by molar-refractivity contribution is -0.130. The van der Waals surface area contributed by atoms with Crippen LogP contribution in [0.3, 0.4) is 0 Å². The Labute approximate surface area is 181 Å². The number of carbonyl (C=O) groups excluding carboxylic acids is 1. The Kier molecular flexibility index (Phi) is 5.77. The number of anilines is 1. The van der Waals surface area contributed by atoms with Gasteiger partial charge in [0.1, 0.15) is 0 Å². The monoisotopic (exact) mass is 416 g/mol. The third-order valence-electron chi connectivity index (χ3n) is 5.10. The summed E-state index contributed by atoms with van der Waals surface area (Å²) in [6.07, 6.45) is 0. The topological polar surface area (TPSA) is 70.7 Å². The lowest BCUT2D eigenvalue weighted by atomic mass is 9.83. The summed E-state index contributed by atoms with van der Waals surface area (Å²) in [6.45, 7) is 2.45. The zero-order chi connectivity index (χ0) is 21.0. The van der Waals surface area contributed by atoms with Gasteiger partial charge in [-0.25, -0.2) is 4.99 Å². The number of benzene rings is 3. The molecule has 1 amide bonds. The number of aliphatic imine (C=N–C) groups is 1. The van der Waals surface area contributed by atoms with Crippen molar-refractivity contribution in [3.05, 3.63) is 102 Å². The van der Waals surface area contributed by atoms with Gasteiger partial charge < -0.3 is 10.5 Å². The van der Waals surface area contributed by atoms with Crippen molar-refractivity contribution in [3.63, 3.8) is 0 Å². The second kappa shape index (κ2) is 8.63. The smallest absolute Gasteiger partial charge is 0.266 e. The average molecular weight is 417 g/mol. The summed E-state index contributed by atoms with van der Waals surface area (Å²) in [5.74, 6) is 1.05. The number of hydrogen-bond donors (Lipinski definition) is 2. The maximum absolute atomic E-state index is 13.8. The summed E-state index contributed by atoms with van der Waals surface area (Å²) in [7, 11) is 0. The molecule has 30 heavy (non-hydrogen) atoms. The minimum Gasteiger partial charge on any atom is -0.369 e. The lowest BCUT2D eigenvalue weighted by Gasteiger charge is -2.27. The van der Waals surface area contributed by atoms with Gasteiger partial charge in [0.25, 0.3) is 5.91 Å². The van der Waals surface area contributed by atoms with Crippen molar-refractivity contribution >= 4 is 29.5 Å². The van der Waals surface area contributed by atoms with Crippen molar-refractivity contribution in [1.82, 2.24) is 4.90 Å². The summed E-state index contributed by atoms with van der Waals surface area (Å²) < 4.78 is 3.30. The van der Waals surface area contributed by atoms with E-state index < -0.39 is 5.54 Å². The van der Waals surface area contributed by atoms with Gasteiger partial charge in [0.2, 0.25) is 0 Å². The number of guanidine groups is 1. The van der Waals surface area contributed by atoms with Gasteiger partial charge in [-0.3, -0.25) is 9.69 Å². The summed E-state index contributed by atoms with van der Waals surface area (Å²) in [5.41, 5.74) is 8.75. The molecular weight excluding hydrogens is 392 g/mol. The van der Waals surface area contributed by atoms with E-state index in [0.717, 1.165) is 28.1 Å². The molecule has 4 rings (SSSR count). The fraction of sp³-hybridized carbons (Fsp3) is 0.167. The Morgan fingerprint density at radius 3 is 2.20 bits per heavy atom. The third-order valence-corrected chi connectivity index (χ3v) is 5.77. The molecule has 6 heteroatoms. The van der Waals surface area contributed by atoms with Crippen LogP contribution in [-0.4, -0.2) is 22.5 Å². The maximum Gasteiger partial charge on any atom is 0.266 e. The molecule has 0 unspecified atom stereocenters. The van der Waals surface area contributed by atoms with Crippen LogP contribution in [0.25, 0.3) is 0 Å². The molecule has 0 atom stereocenters. The molecule has 0 aromatic heterocycles. The van der Waals surface area contributed by atoms with Crippen LogP contribution in [0.2, 0.25) is 0 Å². The molecule has 0 spiro atoms. The highest BCUT2D eigenvalue weighted by Crippen LogP contribution is 2.40. The number of nitrogens with two attached hydrogens (primary N) is 1. The first-order chi connectivity index (χ1) is 14.6. The van der Waals surface area contributed by atoms with Gasteiger partial charge in [-0.05, 0) is 28.8 Å². The van der Waals surface area contributed by atoms with Gasteiger partial charge in [0.15, 0.2) is 11.5 Å². The van der Waals surface area contributed by atoms with Gasteiger partial charge in [-0.1, -0.05) is 91.7 Å². The van der Waals surface area contributed by atoms with Crippen LogP contribution in [0.4, 0.5) is 5.69 Å². The lowest BCUT2D eigenvalue weighted by Crippen LogP contribution is -2.43.